The summed E-state index contributed by atoms with van der Waals surface area (Å²) in [5.74, 6) is 1.52. The van der Waals surface area contributed by atoms with Crippen LogP contribution in [0.5, 0.6) is 0 Å². The number of aryl methyl sites for hydroxylation is 3. The van der Waals surface area contributed by atoms with Gasteiger partial charge in [0.05, 0.1) is 0 Å². The van der Waals surface area contributed by atoms with Crippen molar-refractivity contribution >= 4 is 5.69 Å². The van der Waals surface area contributed by atoms with Crippen LogP contribution in [0.3, 0.4) is 0 Å². The summed E-state index contributed by atoms with van der Waals surface area (Å²) >= 11 is 0. The highest BCUT2D eigenvalue weighted by molar-refractivity contribution is 5.49. The van der Waals surface area contributed by atoms with E-state index in [1.165, 1.54) is 11.1 Å². The van der Waals surface area contributed by atoms with Gasteiger partial charge in [-0.1, -0.05) is 32.0 Å². The summed E-state index contributed by atoms with van der Waals surface area (Å²) in [6.07, 6.45) is 2.09. The van der Waals surface area contributed by atoms with Crippen LogP contribution in [0.4, 0.5) is 5.69 Å². The van der Waals surface area contributed by atoms with Crippen molar-refractivity contribution in [2.45, 2.75) is 60.1 Å². The molecule has 4 nitrogen and oxygen atoms in total. The van der Waals surface area contributed by atoms with Crippen molar-refractivity contribution in [1.82, 2.24) is 5.16 Å². The van der Waals surface area contributed by atoms with E-state index in [1.54, 1.807) is 0 Å². The van der Waals surface area contributed by atoms with Gasteiger partial charge in [-0.15, -0.1) is 0 Å². The molecule has 0 bridgehead atoms. The van der Waals surface area contributed by atoms with E-state index in [0.29, 0.717) is 11.6 Å². The lowest BCUT2D eigenvalue weighted by Crippen LogP contribution is -2.27. The molecule has 2 N–H and O–H groups in total. The van der Waals surface area contributed by atoms with Gasteiger partial charge in [-0.3, -0.25) is 0 Å². The number of aromatic nitrogens is 1. The lowest BCUT2D eigenvalue weighted by Gasteiger charge is -2.33. The summed E-state index contributed by atoms with van der Waals surface area (Å²) in [7, 11) is 0. The van der Waals surface area contributed by atoms with Crippen LogP contribution in [-0.2, 0) is 12.8 Å². The van der Waals surface area contributed by atoms with E-state index in [1.807, 2.05) is 12.1 Å². The fourth-order valence-corrected chi connectivity index (χ4v) is 3.44. The zero-order chi connectivity index (χ0) is 17.5. The average molecular weight is 328 g/mol. The van der Waals surface area contributed by atoms with Crippen molar-refractivity contribution in [2.24, 2.45) is 11.3 Å². The van der Waals surface area contributed by atoms with E-state index in [9.17, 15) is 5.11 Å². The van der Waals surface area contributed by atoms with E-state index >= 15 is 0 Å². The molecule has 24 heavy (non-hydrogen) atoms. The number of aliphatic hydroxyl groups is 1. The van der Waals surface area contributed by atoms with Crippen LogP contribution in [-0.4, -0.2) is 10.3 Å². The Bertz CT molecular complexity index is 728. The molecular weight excluding hydrogens is 300 g/mol. The molecule has 0 radical (unpaired) electrons. The normalized spacial score (nSPS) is 19.0. The molecule has 0 aliphatic heterocycles. The van der Waals surface area contributed by atoms with Crippen molar-refractivity contribution in [3.05, 3.63) is 46.3 Å². The fraction of sp³-hybridized carbons (Fsp3) is 0.550. The predicted molar refractivity (Wildman–Crippen MR) is 96.0 cm³/mol. The number of fused-ring (bicyclic) bond motifs is 1. The number of anilines is 1. The Kier molecular flexibility index (Phi) is 4.43. The molecule has 0 amide bonds. The number of hydrogen-bond acceptors (Lipinski definition) is 4. The zero-order valence-corrected chi connectivity index (χ0v) is 15.3. The first kappa shape index (κ1) is 17.0. The van der Waals surface area contributed by atoms with Crippen LogP contribution >= 0.6 is 0 Å². The molecule has 0 saturated heterocycles. The van der Waals surface area contributed by atoms with Crippen LogP contribution in [0.15, 0.2) is 22.7 Å². The molecule has 1 aromatic carbocycles. The summed E-state index contributed by atoms with van der Waals surface area (Å²) < 4.78 is 5.50. The van der Waals surface area contributed by atoms with E-state index in [0.717, 1.165) is 36.3 Å². The maximum Gasteiger partial charge on any atom is 0.171 e. The van der Waals surface area contributed by atoms with Crippen LogP contribution in [0, 0.1) is 25.2 Å². The first-order chi connectivity index (χ1) is 11.3. The Morgan fingerprint density at radius 2 is 2.00 bits per heavy atom. The molecule has 2 atom stereocenters. The van der Waals surface area contributed by atoms with Crippen LogP contribution in [0.2, 0.25) is 0 Å². The molecule has 0 saturated carbocycles. The molecule has 3 rings (SSSR count). The van der Waals surface area contributed by atoms with Crippen LogP contribution in [0.1, 0.15) is 61.6 Å². The maximum absolute atomic E-state index is 10.6. The summed E-state index contributed by atoms with van der Waals surface area (Å²) in [5, 5.41) is 17.9. The Morgan fingerprint density at radius 3 is 2.67 bits per heavy atom. The van der Waals surface area contributed by atoms with Crippen molar-refractivity contribution in [2.75, 3.05) is 5.32 Å². The lowest BCUT2D eigenvalue weighted by molar-refractivity contribution is 0.193. The molecular formula is C20H28N2O2. The Hall–Kier alpha value is -1.81. The minimum atomic E-state index is -0.849. The quantitative estimate of drug-likeness (QED) is 0.812. The maximum atomic E-state index is 10.6. The predicted octanol–water partition coefficient (Wildman–Crippen LogP) is 4.55. The number of nitrogens with one attached hydrogen (secondary N) is 1. The SMILES string of the molecule is Cc1ccc(NC(O)c2noc3c2CC(C(C)(C)C)CC3)cc1C. The standard InChI is InChI=1S/C20H28N2O2/c1-12-6-8-15(10-13(12)2)21-19(23)18-16-11-14(20(3,4)5)7-9-17(16)24-22-18/h6,8,10,14,19,21,23H,7,9,11H2,1-5H3. The smallest absolute Gasteiger partial charge is 0.171 e. The van der Waals surface area contributed by atoms with Crippen LogP contribution in [0.25, 0.3) is 0 Å². The van der Waals surface area contributed by atoms with Gasteiger partial charge in [0.15, 0.2) is 6.23 Å². The summed E-state index contributed by atoms with van der Waals surface area (Å²) in [6.45, 7) is 11.0. The van der Waals surface area contributed by atoms with E-state index in [4.69, 9.17) is 4.52 Å². The fourth-order valence-electron chi connectivity index (χ4n) is 3.44. The average Bonchev–Trinajstić information content (AvgIpc) is 2.93. The van der Waals surface area contributed by atoms with Gasteiger partial charge in [-0.05, 0) is 61.3 Å². The highest BCUT2D eigenvalue weighted by Gasteiger charge is 2.34. The molecule has 0 fully saturated rings. The van der Waals surface area contributed by atoms with E-state index < -0.39 is 6.23 Å². The zero-order valence-electron chi connectivity index (χ0n) is 15.3. The molecule has 0 spiro atoms. The lowest BCUT2D eigenvalue weighted by atomic mass is 9.71. The molecule has 4 heteroatoms. The molecule has 1 aliphatic carbocycles. The van der Waals surface area contributed by atoms with Crippen molar-refractivity contribution in [3.8, 4) is 0 Å². The largest absolute Gasteiger partial charge is 0.368 e. The molecule has 1 aromatic heterocycles. The first-order valence-corrected chi connectivity index (χ1v) is 8.75. The topological polar surface area (TPSA) is 58.3 Å². The molecule has 2 aromatic rings. The van der Waals surface area contributed by atoms with Gasteiger partial charge in [0.25, 0.3) is 0 Å². The second kappa shape index (κ2) is 6.25. The second-order valence-corrected chi connectivity index (χ2v) is 8.12. The summed E-state index contributed by atoms with van der Waals surface area (Å²) in [4.78, 5) is 0. The highest BCUT2D eigenvalue weighted by Crippen LogP contribution is 2.39. The number of nitrogens with zero attached hydrogens (tertiary/aromatic N) is 1. The summed E-state index contributed by atoms with van der Waals surface area (Å²) in [5.41, 5.74) is 5.30. The second-order valence-electron chi connectivity index (χ2n) is 8.12. The summed E-state index contributed by atoms with van der Waals surface area (Å²) in [6, 6.07) is 6.08. The molecule has 2 unspecified atom stereocenters. The van der Waals surface area contributed by atoms with Gasteiger partial charge >= 0.3 is 0 Å². The van der Waals surface area contributed by atoms with Crippen LogP contribution < -0.4 is 5.32 Å². The van der Waals surface area contributed by atoms with Crippen molar-refractivity contribution in [1.29, 1.82) is 0 Å². The number of benzene rings is 1. The highest BCUT2D eigenvalue weighted by atomic mass is 16.5. The molecule has 1 heterocycles. The minimum absolute atomic E-state index is 0.249. The van der Waals surface area contributed by atoms with Gasteiger partial charge in [0.2, 0.25) is 0 Å². The van der Waals surface area contributed by atoms with E-state index in [-0.39, 0.29) is 5.41 Å². The molecule has 1 aliphatic rings. The molecule has 130 valence electrons. The number of aliphatic hydroxyl groups excluding tert-OH is 1. The third kappa shape index (κ3) is 3.34. The van der Waals surface area contributed by atoms with Crippen molar-refractivity contribution in [3.63, 3.8) is 0 Å². The monoisotopic (exact) mass is 328 g/mol. The van der Waals surface area contributed by atoms with Gasteiger partial charge in [0, 0.05) is 17.7 Å². The third-order valence-corrected chi connectivity index (χ3v) is 5.36. The van der Waals surface area contributed by atoms with E-state index in [2.05, 4.69) is 51.2 Å². The number of hydrogen-bond donors (Lipinski definition) is 2. The Morgan fingerprint density at radius 1 is 1.25 bits per heavy atom. The Labute approximate surface area is 144 Å². The van der Waals surface area contributed by atoms with Gasteiger partial charge in [-0.25, -0.2) is 0 Å². The van der Waals surface area contributed by atoms with Gasteiger partial charge < -0.3 is 14.9 Å². The number of rotatable bonds is 3. The minimum Gasteiger partial charge on any atom is -0.368 e. The first-order valence-electron chi connectivity index (χ1n) is 8.75. The Balaban J connectivity index is 1.80. The third-order valence-electron chi connectivity index (χ3n) is 5.36. The van der Waals surface area contributed by atoms with Gasteiger partial charge in [0.1, 0.15) is 11.5 Å². The van der Waals surface area contributed by atoms with Gasteiger partial charge in [-0.2, -0.15) is 0 Å². The van der Waals surface area contributed by atoms with Crippen molar-refractivity contribution < 1.29 is 9.63 Å².